The Labute approximate surface area is 183 Å². The largest absolute Gasteiger partial charge is 0.295 e. The molecule has 30 heavy (non-hydrogen) atoms. The van der Waals surface area contributed by atoms with Crippen molar-refractivity contribution >= 4 is 11.7 Å². The van der Waals surface area contributed by atoms with Crippen LogP contribution in [-0.2, 0) is 23.2 Å². The molecule has 2 atom stereocenters. The molecule has 0 radical (unpaired) electrons. The number of carbonyl (C=O) groups excluding carboxylic acids is 1. The normalized spacial score (nSPS) is 26.2. The van der Waals surface area contributed by atoms with Gasteiger partial charge >= 0.3 is 0 Å². The summed E-state index contributed by atoms with van der Waals surface area (Å²) in [7, 11) is 0. The second-order valence-corrected chi connectivity index (χ2v) is 10.9. The van der Waals surface area contributed by atoms with Gasteiger partial charge in [0.2, 0.25) is 0 Å². The van der Waals surface area contributed by atoms with Gasteiger partial charge in [-0.3, -0.25) is 9.69 Å². The van der Waals surface area contributed by atoms with Gasteiger partial charge in [-0.15, -0.1) is 0 Å². The summed E-state index contributed by atoms with van der Waals surface area (Å²) in [5.41, 5.74) is 3.22. The van der Waals surface area contributed by atoms with E-state index < -0.39 is 5.54 Å². The number of amides is 1. The topological polar surface area (TPSA) is 32.7 Å². The van der Waals surface area contributed by atoms with Gasteiger partial charge in [0.05, 0.1) is 0 Å². The van der Waals surface area contributed by atoms with E-state index in [4.69, 9.17) is 4.99 Å². The van der Waals surface area contributed by atoms with Crippen LogP contribution in [-0.4, -0.2) is 22.7 Å². The van der Waals surface area contributed by atoms with Gasteiger partial charge in [-0.2, -0.15) is 0 Å². The first-order chi connectivity index (χ1) is 14.3. The van der Waals surface area contributed by atoms with E-state index in [0.717, 1.165) is 37.9 Å². The van der Waals surface area contributed by atoms with Crippen LogP contribution in [0.3, 0.4) is 0 Å². The Morgan fingerprint density at radius 2 is 1.77 bits per heavy atom. The smallest absolute Gasteiger partial charge is 0.261 e. The van der Waals surface area contributed by atoms with Gasteiger partial charge in [0.1, 0.15) is 5.84 Å². The summed E-state index contributed by atoms with van der Waals surface area (Å²) in [5, 5.41) is 0. The van der Waals surface area contributed by atoms with Crippen LogP contribution in [0.1, 0.15) is 96.8 Å². The van der Waals surface area contributed by atoms with Crippen molar-refractivity contribution in [3.63, 3.8) is 0 Å². The van der Waals surface area contributed by atoms with E-state index in [1.165, 1.54) is 36.0 Å². The van der Waals surface area contributed by atoms with Crippen molar-refractivity contribution in [2.45, 2.75) is 104 Å². The van der Waals surface area contributed by atoms with Crippen LogP contribution < -0.4 is 0 Å². The summed E-state index contributed by atoms with van der Waals surface area (Å²) >= 11 is 0. The lowest BCUT2D eigenvalue weighted by Gasteiger charge is -2.44. The van der Waals surface area contributed by atoms with Crippen LogP contribution in [0.15, 0.2) is 23.2 Å². The number of nitrogens with zero attached hydrogens (tertiary/aromatic N) is 2. The maximum absolute atomic E-state index is 14.4. The van der Waals surface area contributed by atoms with Crippen LogP contribution in [0.5, 0.6) is 0 Å². The Bertz CT molecular complexity index is 846. The Hall–Kier alpha value is -1.64. The van der Waals surface area contributed by atoms with E-state index in [2.05, 4.69) is 64.6 Å². The molecule has 1 amide bonds. The second kappa shape index (κ2) is 7.80. The number of hydrogen-bond acceptors (Lipinski definition) is 2. The third kappa shape index (κ3) is 3.07. The number of aliphatic imine (C=N–C) groups is 1. The van der Waals surface area contributed by atoms with Crippen molar-refractivity contribution in [3.8, 4) is 0 Å². The molecular formula is C27H40N2O. The van der Waals surface area contributed by atoms with Crippen molar-refractivity contribution < 1.29 is 4.79 Å². The zero-order valence-electron chi connectivity index (χ0n) is 19.9. The van der Waals surface area contributed by atoms with Crippen LogP contribution in [0.25, 0.3) is 0 Å². The quantitative estimate of drug-likeness (QED) is 0.564. The van der Waals surface area contributed by atoms with Crippen LogP contribution in [0, 0.1) is 17.3 Å². The minimum atomic E-state index is -0.696. The SMILES string of the molecule is CCC(C)C1=NC2(C(=O)N1C(C)C)c1cc(CC(C)C)ccc1CC21CCCCC1. The minimum absolute atomic E-state index is 0.0382. The predicted octanol–water partition coefficient (Wildman–Crippen LogP) is 6.28. The van der Waals surface area contributed by atoms with E-state index in [9.17, 15) is 4.79 Å². The lowest BCUT2D eigenvalue weighted by Crippen LogP contribution is -2.52. The van der Waals surface area contributed by atoms with Crippen LogP contribution in [0.4, 0.5) is 0 Å². The molecular weight excluding hydrogens is 368 g/mol. The number of rotatable bonds is 5. The third-order valence-electron chi connectivity index (χ3n) is 7.94. The van der Waals surface area contributed by atoms with Crippen molar-refractivity contribution in [1.82, 2.24) is 4.90 Å². The Morgan fingerprint density at radius 1 is 1.07 bits per heavy atom. The van der Waals surface area contributed by atoms with E-state index in [0.29, 0.717) is 11.8 Å². The number of benzene rings is 1. The zero-order valence-corrected chi connectivity index (χ0v) is 19.9. The van der Waals surface area contributed by atoms with Gasteiger partial charge < -0.3 is 0 Å². The molecule has 1 fully saturated rings. The molecule has 3 nitrogen and oxygen atoms in total. The molecule has 0 saturated heterocycles. The van der Waals surface area contributed by atoms with E-state index in [1.807, 2.05) is 0 Å². The molecule has 0 N–H and O–H groups in total. The highest BCUT2D eigenvalue weighted by Gasteiger charge is 2.66. The van der Waals surface area contributed by atoms with Gasteiger partial charge in [-0.25, -0.2) is 4.99 Å². The summed E-state index contributed by atoms with van der Waals surface area (Å²) in [6.07, 6.45) is 9.05. The van der Waals surface area contributed by atoms with Gasteiger partial charge in [-0.05, 0) is 68.6 Å². The summed E-state index contributed by atoms with van der Waals surface area (Å²) in [6.45, 7) is 13.3. The van der Waals surface area contributed by atoms with Crippen LogP contribution >= 0.6 is 0 Å². The van der Waals surface area contributed by atoms with E-state index in [1.54, 1.807) is 0 Å². The molecule has 3 heteroatoms. The highest BCUT2D eigenvalue weighted by atomic mass is 16.2. The monoisotopic (exact) mass is 408 g/mol. The van der Waals surface area contributed by atoms with Crippen molar-refractivity contribution in [2.24, 2.45) is 22.2 Å². The first-order valence-corrected chi connectivity index (χ1v) is 12.3. The average molecular weight is 409 g/mol. The Kier molecular flexibility index (Phi) is 5.61. The van der Waals surface area contributed by atoms with Crippen molar-refractivity contribution in [2.75, 3.05) is 0 Å². The molecule has 2 aliphatic carbocycles. The number of amidine groups is 1. The molecule has 0 bridgehead atoms. The maximum Gasteiger partial charge on any atom is 0.261 e. The molecule has 1 aliphatic heterocycles. The highest BCUT2D eigenvalue weighted by molar-refractivity contribution is 6.10. The Balaban J connectivity index is 1.94. The summed E-state index contributed by atoms with van der Waals surface area (Å²) in [5.74, 6) is 2.20. The minimum Gasteiger partial charge on any atom is -0.295 e. The molecule has 164 valence electrons. The van der Waals surface area contributed by atoms with Crippen LogP contribution in [0.2, 0.25) is 0 Å². The number of fused-ring (bicyclic) bond motifs is 3. The molecule has 0 aromatic heterocycles. The fourth-order valence-electron chi connectivity index (χ4n) is 6.36. The van der Waals surface area contributed by atoms with E-state index in [-0.39, 0.29) is 17.4 Å². The maximum atomic E-state index is 14.4. The van der Waals surface area contributed by atoms with Crippen molar-refractivity contribution in [1.29, 1.82) is 0 Å². The fourth-order valence-corrected chi connectivity index (χ4v) is 6.36. The molecule has 2 unspecified atom stereocenters. The number of hydrogen-bond donors (Lipinski definition) is 0. The molecule has 1 saturated carbocycles. The highest BCUT2D eigenvalue weighted by Crippen LogP contribution is 2.62. The molecule has 1 aromatic carbocycles. The van der Waals surface area contributed by atoms with Gasteiger partial charge in [0.25, 0.3) is 5.91 Å². The number of carbonyl (C=O) groups is 1. The Morgan fingerprint density at radius 3 is 2.37 bits per heavy atom. The van der Waals surface area contributed by atoms with Gasteiger partial charge in [0.15, 0.2) is 5.54 Å². The molecule has 3 aliphatic rings. The first-order valence-electron chi connectivity index (χ1n) is 12.3. The third-order valence-corrected chi connectivity index (χ3v) is 7.94. The molecule has 1 heterocycles. The predicted molar refractivity (Wildman–Crippen MR) is 125 cm³/mol. The lowest BCUT2D eigenvalue weighted by atomic mass is 9.62. The summed E-state index contributed by atoms with van der Waals surface area (Å²) in [6, 6.07) is 7.13. The zero-order chi connectivity index (χ0) is 21.7. The average Bonchev–Trinajstić information content (AvgIpc) is 3.15. The molecule has 2 spiro atoms. The fraction of sp³-hybridized carbons (Fsp3) is 0.704. The standard InChI is InChI=1S/C27H40N2O/c1-7-20(6)24-28-27(25(30)29(24)19(4)5)23-16-21(15-18(2)3)11-12-22(23)17-26(27)13-9-8-10-14-26/h11-12,16,18-20H,7-10,13-15,17H2,1-6H3. The van der Waals surface area contributed by atoms with Crippen molar-refractivity contribution in [3.05, 3.63) is 34.9 Å². The molecule has 1 aromatic rings. The van der Waals surface area contributed by atoms with Gasteiger partial charge in [-0.1, -0.05) is 65.2 Å². The lowest BCUT2D eigenvalue weighted by molar-refractivity contribution is -0.138. The second-order valence-electron chi connectivity index (χ2n) is 10.9. The van der Waals surface area contributed by atoms with E-state index >= 15 is 0 Å². The van der Waals surface area contributed by atoms with Gasteiger partial charge in [0, 0.05) is 17.4 Å². The summed E-state index contributed by atoms with van der Waals surface area (Å²) in [4.78, 5) is 22.0. The summed E-state index contributed by atoms with van der Waals surface area (Å²) < 4.78 is 0. The molecule has 4 rings (SSSR count). The first kappa shape index (κ1) is 21.6.